The number of hydrogen-bond acceptors (Lipinski definition) is 4. The van der Waals surface area contributed by atoms with Gasteiger partial charge in [-0.2, -0.15) is 0 Å². The maximum absolute atomic E-state index is 12.2. The van der Waals surface area contributed by atoms with Gasteiger partial charge in [0.2, 0.25) is 0 Å². The Morgan fingerprint density at radius 1 is 1.00 bits per heavy atom. The predicted molar refractivity (Wildman–Crippen MR) is 91.0 cm³/mol. The normalized spacial score (nSPS) is 16.1. The average molecular weight is 318 g/mol. The molecular weight excluding hydrogens is 292 g/mol. The van der Waals surface area contributed by atoms with Crippen LogP contribution in [0.3, 0.4) is 0 Å². The molecule has 1 fully saturated rings. The van der Waals surface area contributed by atoms with Gasteiger partial charge >= 0.3 is 11.8 Å². The van der Waals surface area contributed by atoms with Crippen LogP contribution in [0.25, 0.3) is 0 Å². The van der Waals surface area contributed by atoms with Crippen molar-refractivity contribution in [3.05, 3.63) is 29.3 Å². The highest BCUT2D eigenvalue weighted by Crippen LogP contribution is 2.22. The summed E-state index contributed by atoms with van der Waals surface area (Å²) in [5, 5.41) is 4.59. The van der Waals surface area contributed by atoms with Gasteiger partial charge in [0, 0.05) is 31.9 Å². The highest BCUT2D eigenvalue weighted by molar-refractivity contribution is 6.39. The van der Waals surface area contributed by atoms with E-state index in [1.165, 1.54) is 0 Å². The molecule has 1 saturated heterocycles. The molecule has 23 heavy (non-hydrogen) atoms. The van der Waals surface area contributed by atoms with Crippen molar-refractivity contribution in [3.63, 3.8) is 0 Å². The van der Waals surface area contributed by atoms with Crippen molar-refractivity contribution in [3.8, 4) is 0 Å². The van der Waals surface area contributed by atoms with E-state index in [-0.39, 0.29) is 0 Å². The zero-order valence-electron chi connectivity index (χ0n) is 14.2. The largest absolute Gasteiger partial charge is 0.323 e. The summed E-state index contributed by atoms with van der Waals surface area (Å²) >= 11 is 0. The number of nitrogens with zero attached hydrogens (tertiary/aromatic N) is 2. The molecule has 0 bridgehead atoms. The second-order valence-electron chi connectivity index (χ2n) is 5.84. The van der Waals surface area contributed by atoms with Crippen LogP contribution in [-0.4, -0.2) is 54.9 Å². The third kappa shape index (κ3) is 4.53. The molecule has 0 spiro atoms. The highest BCUT2D eigenvalue weighted by atomic mass is 16.2. The first-order chi connectivity index (χ1) is 11.0. The van der Waals surface area contributed by atoms with Gasteiger partial charge < -0.3 is 10.2 Å². The Morgan fingerprint density at radius 3 is 2.09 bits per heavy atom. The van der Waals surface area contributed by atoms with Crippen molar-refractivity contribution in [2.24, 2.45) is 0 Å². The van der Waals surface area contributed by atoms with Crippen molar-refractivity contribution < 1.29 is 9.59 Å². The zero-order valence-corrected chi connectivity index (χ0v) is 14.2. The summed E-state index contributed by atoms with van der Waals surface area (Å²) in [5.74, 6) is -1.22. The van der Waals surface area contributed by atoms with E-state index in [0.29, 0.717) is 0 Å². The van der Waals surface area contributed by atoms with Gasteiger partial charge in [0.25, 0.3) is 0 Å². The Balaban J connectivity index is 2.00. The lowest BCUT2D eigenvalue weighted by molar-refractivity contribution is -0.139. The molecule has 2 amide bonds. The highest BCUT2D eigenvalue weighted by Gasteiger charge is 2.21. The number of para-hydroxylation sites is 1. The monoisotopic (exact) mass is 318 g/mol. The van der Waals surface area contributed by atoms with Crippen LogP contribution < -0.4 is 10.7 Å². The molecule has 0 saturated carbocycles. The number of likely N-dealkylation sites (N-methyl/N-ethyl adjacent to an activating group) is 1. The first-order valence-corrected chi connectivity index (χ1v) is 8.21. The summed E-state index contributed by atoms with van der Waals surface area (Å²) in [5.41, 5.74) is 5.56. The van der Waals surface area contributed by atoms with E-state index < -0.39 is 11.8 Å². The molecule has 1 aliphatic rings. The molecular formula is C17H26N4O2. The molecule has 1 aromatic carbocycles. The first kappa shape index (κ1) is 17.4. The fourth-order valence-corrected chi connectivity index (χ4v) is 2.69. The van der Waals surface area contributed by atoms with Crippen LogP contribution in [0.5, 0.6) is 0 Å². The minimum atomic E-state index is -0.612. The van der Waals surface area contributed by atoms with E-state index >= 15 is 0 Å². The minimum absolute atomic E-state index is 0.609. The number of carbonyl (C=O) groups excluding carboxylic acids is 2. The molecule has 2 N–H and O–H groups in total. The summed E-state index contributed by atoms with van der Waals surface area (Å²) in [7, 11) is 2.04. The van der Waals surface area contributed by atoms with E-state index in [4.69, 9.17) is 0 Å². The molecule has 2 rings (SSSR count). The van der Waals surface area contributed by atoms with Crippen molar-refractivity contribution in [2.75, 3.05) is 38.5 Å². The van der Waals surface area contributed by atoms with Crippen molar-refractivity contribution in [2.45, 2.75) is 26.7 Å². The van der Waals surface area contributed by atoms with Crippen molar-refractivity contribution in [1.82, 2.24) is 15.3 Å². The number of piperazine rings is 1. The number of nitrogens with one attached hydrogen (secondary N) is 2. The number of benzene rings is 1. The van der Waals surface area contributed by atoms with Gasteiger partial charge in [-0.3, -0.25) is 15.0 Å². The van der Waals surface area contributed by atoms with Gasteiger partial charge in [-0.1, -0.05) is 32.0 Å². The molecule has 6 nitrogen and oxygen atoms in total. The second kappa shape index (κ2) is 8.08. The van der Waals surface area contributed by atoms with E-state index in [0.717, 1.165) is 55.8 Å². The van der Waals surface area contributed by atoms with Gasteiger partial charge in [0.05, 0.1) is 0 Å². The zero-order chi connectivity index (χ0) is 16.8. The van der Waals surface area contributed by atoms with Gasteiger partial charge in [0.1, 0.15) is 0 Å². The third-order valence-corrected chi connectivity index (χ3v) is 4.21. The summed E-state index contributed by atoms with van der Waals surface area (Å²) in [6, 6.07) is 5.94. The smallest absolute Gasteiger partial charge is 0.317 e. The fourth-order valence-electron chi connectivity index (χ4n) is 2.69. The SMILES string of the molecule is CCc1cccc(CC)c1NC(=O)C(=O)NN1CCN(C)CC1. The number of carbonyl (C=O) groups is 2. The van der Waals surface area contributed by atoms with Gasteiger partial charge in [-0.25, -0.2) is 5.01 Å². The van der Waals surface area contributed by atoms with E-state index in [1.54, 1.807) is 5.01 Å². The summed E-state index contributed by atoms with van der Waals surface area (Å²) in [6.45, 7) is 7.27. The van der Waals surface area contributed by atoms with Crippen LogP contribution in [0.4, 0.5) is 5.69 Å². The van der Waals surface area contributed by atoms with Crippen LogP contribution in [0, 0.1) is 0 Å². The Kier molecular flexibility index (Phi) is 6.12. The topological polar surface area (TPSA) is 64.7 Å². The summed E-state index contributed by atoms with van der Waals surface area (Å²) in [6.07, 6.45) is 1.62. The lowest BCUT2D eigenvalue weighted by Crippen LogP contribution is -2.54. The quantitative estimate of drug-likeness (QED) is 0.814. The number of aryl methyl sites for hydroxylation is 2. The molecule has 0 aromatic heterocycles. The van der Waals surface area contributed by atoms with Gasteiger partial charge in [0.15, 0.2) is 0 Å². The van der Waals surface area contributed by atoms with Gasteiger partial charge in [-0.15, -0.1) is 0 Å². The van der Waals surface area contributed by atoms with Crippen molar-refractivity contribution in [1.29, 1.82) is 0 Å². The lowest BCUT2D eigenvalue weighted by Gasteiger charge is -2.32. The first-order valence-electron chi connectivity index (χ1n) is 8.21. The number of hydrazine groups is 1. The van der Waals surface area contributed by atoms with Crippen LogP contribution in [0.15, 0.2) is 18.2 Å². The maximum Gasteiger partial charge on any atom is 0.323 e. The average Bonchev–Trinajstić information content (AvgIpc) is 2.56. The lowest BCUT2D eigenvalue weighted by atomic mass is 10.0. The van der Waals surface area contributed by atoms with Crippen LogP contribution >= 0.6 is 0 Å². The Labute approximate surface area is 137 Å². The molecule has 0 radical (unpaired) electrons. The number of amides is 2. The number of rotatable bonds is 4. The molecule has 0 aliphatic carbocycles. The third-order valence-electron chi connectivity index (χ3n) is 4.21. The Bertz CT molecular complexity index is 543. The summed E-state index contributed by atoms with van der Waals surface area (Å²) < 4.78 is 0. The Hall–Kier alpha value is -1.92. The number of hydrogen-bond donors (Lipinski definition) is 2. The molecule has 6 heteroatoms. The van der Waals surface area contributed by atoms with Crippen LogP contribution in [-0.2, 0) is 22.4 Å². The van der Waals surface area contributed by atoms with E-state index in [9.17, 15) is 9.59 Å². The standard InChI is InChI=1S/C17H26N4O2/c1-4-13-7-6-8-14(5-2)15(13)18-16(22)17(23)19-21-11-9-20(3)10-12-21/h6-8H,4-5,9-12H2,1-3H3,(H,18,22)(H,19,23). The van der Waals surface area contributed by atoms with Gasteiger partial charge in [-0.05, 0) is 31.0 Å². The molecule has 1 heterocycles. The summed E-state index contributed by atoms with van der Waals surface area (Å²) in [4.78, 5) is 26.5. The van der Waals surface area contributed by atoms with Crippen molar-refractivity contribution >= 4 is 17.5 Å². The minimum Gasteiger partial charge on any atom is -0.317 e. The number of anilines is 1. The molecule has 0 atom stereocenters. The maximum atomic E-state index is 12.2. The van der Waals surface area contributed by atoms with Crippen LogP contribution in [0.2, 0.25) is 0 Å². The molecule has 126 valence electrons. The second-order valence-corrected chi connectivity index (χ2v) is 5.84. The molecule has 0 unspecified atom stereocenters. The van der Waals surface area contributed by atoms with E-state index in [1.807, 2.05) is 39.1 Å². The fraction of sp³-hybridized carbons (Fsp3) is 0.529. The molecule has 1 aliphatic heterocycles. The predicted octanol–water partition coefficient (Wildman–Crippen LogP) is 1.03. The molecule has 1 aromatic rings. The van der Waals surface area contributed by atoms with E-state index in [2.05, 4.69) is 15.6 Å². The van der Waals surface area contributed by atoms with Crippen LogP contribution in [0.1, 0.15) is 25.0 Å². The Morgan fingerprint density at radius 2 is 1.57 bits per heavy atom.